The molecule has 0 atom stereocenters. The number of H-pyrrole nitrogens is 1. The summed E-state index contributed by atoms with van der Waals surface area (Å²) >= 11 is 6.17. The SMILES string of the molecule is Cc1ccc(Cl)c(NC(=O)N2CCN(Cc3nc4ccccc4c(=O)[nH]3)CC2)c1. The maximum Gasteiger partial charge on any atom is 0.321 e. The lowest BCUT2D eigenvalue weighted by Gasteiger charge is -2.34. The number of halogens is 1. The van der Waals surface area contributed by atoms with Crippen LogP contribution < -0.4 is 10.9 Å². The molecular formula is C21H22ClN5O2. The molecule has 7 nitrogen and oxygen atoms in total. The Morgan fingerprint density at radius 1 is 1.17 bits per heavy atom. The molecule has 3 aromatic rings. The number of rotatable bonds is 3. The molecule has 2 N–H and O–H groups in total. The molecule has 0 bridgehead atoms. The lowest BCUT2D eigenvalue weighted by Crippen LogP contribution is -2.49. The fraction of sp³-hybridized carbons (Fsp3) is 0.286. The van der Waals surface area contributed by atoms with E-state index in [4.69, 9.17) is 11.6 Å². The minimum atomic E-state index is -0.158. The van der Waals surface area contributed by atoms with Crippen molar-refractivity contribution in [3.63, 3.8) is 0 Å². The van der Waals surface area contributed by atoms with E-state index in [0.717, 1.165) is 5.56 Å². The van der Waals surface area contributed by atoms with Gasteiger partial charge in [0.25, 0.3) is 5.56 Å². The zero-order valence-electron chi connectivity index (χ0n) is 16.1. The van der Waals surface area contributed by atoms with Gasteiger partial charge in [-0.2, -0.15) is 0 Å². The first-order valence-electron chi connectivity index (χ1n) is 9.52. The number of benzene rings is 2. The van der Waals surface area contributed by atoms with Crippen molar-refractivity contribution in [3.8, 4) is 0 Å². The highest BCUT2D eigenvalue weighted by Crippen LogP contribution is 2.23. The van der Waals surface area contributed by atoms with Gasteiger partial charge in [-0.25, -0.2) is 9.78 Å². The monoisotopic (exact) mass is 411 g/mol. The summed E-state index contributed by atoms with van der Waals surface area (Å²) in [6.45, 7) is 5.08. The molecule has 0 aliphatic carbocycles. The van der Waals surface area contributed by atoms with Gasteiger partial charge in [-0.1, -0.05) is 29.8 Å². The van der Waals surface area contributed by atoms with Gasteiger partial charge in [0.1, 0.15) is 5.82 Å². The highest BCUT2D eigenvalue weighted by Gasteiger charge is 2.22. The van der Waals surface area contributed by atoms with E-state index in [9.17, 15) is 9.59 Å². The molecule has 2 aromatic carbocycles. The van der Waals surface area contributed by atoms with Crippen molar-refractivity contribution >= 4 is 34.2 Å². The van der Waals surface area contributed by atoms with Gasteiger partial charge in [0.05, 0.1) is 28.2 Å². The largest absolute Gasteiger partial charge is 0.322 e. The van der Waals surface area contributed by atoms with Crippen molar-refractivity contribution in [1.82, 2.24) is 19.8 Å². The molecule has 29 heavy (non-hydrogen) atoms. The Bertz CT molecular complexity index is 1110. The van der Waals surface area contributed by atoms with Crippen molar-refractivity contribution in [1.29, 1.82) is 0 Å². The van der Waals surface area contributed by atoms with E-state index < -0.39 is 0 Å². The van der Waals surface area contributed by atoms with E-state index in [0.29, 0.717) is 60.2 Å². The fourth-order valence-electron chi connectivity index (χ4n) is 3.46. The number of carbonyl (C=O) groups excluding carboxylic acids is 1. The second kappa shape index (κ2) is 8.23. The van der Waals surface area contributed by atoms with Crippen molar-refractivity contribution in [2.24, 2.45) is 0 Å². The summed E-state index contributed by atoms with van der Waals surface area (Å²) in [6.07, 6.45) is 0. The van der Waals surface area contributed by atoms with Gasteiger partial charge >= 0.3 is 6.03 Å². The molecule has 0 radical (unpaired) electrons. The average Bonchev–Trinajstić information content (AvgIpc) is 2.71. The second-order valence-electron chi connectivity index (χ2n) is 7.21. The molecule has 1 fully saturated rings. The summed E-state index contributed by atoms with van der Waals surface area (Å²) in [6, 6.07) is 12.7. The van der Waals surface area contributed by atoms with Crippen LogP contribution in [0.15, 0.2) is 47.3 Å². The number of aromatic amines is 1. The summed E-state index contributed by atoms with van der Waals surface area (Å²) in [5.41, 5.74) is 2.22. The predicted molar refractivity (Wildman–Crippen MR) is 114 cm³/mol. The maximum absolute atomic E-state index is 12.6. The number of amides is 2. The van der Waals surface area contributed by atoms with Gasteiger partial charge in [0.2, 0.25) is 0 Å². The third-order valence-corrected chi connectivity index (χ3v) is 5.39. The topological polar surface area (TPSA) is 81.3 Å². The second-order valence-corrected chi connectivity index (χ2v) is 7.61. The smallest absolute Gasteiger partial charge is 0.321 e. The first-order chi connectivity index (χ1) is 14.0. The molecule has 1 aromatic heterocycles. The zero-order chi connectivity index (χ0) is 20.4. The third kappa shape index (κ3) is 4.41. The highest BCUT2D eigenvalue weighted by molar-refractivity contribution is 6.33. The molecule has 1 aliphatic rings. The minimum absolute atomic E-state index is 0.126. The first-order valence-corrected chi connectivity index (χ1v) is 9.90. The average molecular weight is 412 g/mol. The number of aryl methyl sites for hydroxylation is 1. The van der Waals surface area contributed by atoms with E-state index in [2.05, 4.69) is 20.2 Å². The Kier molecular flexibility index (Phi) is 5.51. The van der Waals surface area contributed by atoms with Crippen LogP contribution in [0, 0.1) is 6.92 Å². The predicted octanol–water partition coefficient (Wildman–Crippen LogP) is 3.23. The van der Waals surface area contributed by atoms with Crippen molar-refractivity contribution in [2.75, 3.05) is 31.5 Å². The van der Waals surface area contributed by atoms with Crippen LogP contribution in [0.4, 0.5) is 10.5 Å². The number of urea groups is 1. The van der Waals surface area contributed by atoms with Crippen LogP contribution in [0.1, 0.15) is 11.4 Å². The van der Waals surface area contributed by atoms with Crippen LogP contribution in [0.25, 0.3) is 10.9 Å². The van der Waals surface area contributed by atoms with E-state index in [1.807, 2.05) is 37.3 Å². The quantitative estimate of drug-likeness (QED) is 0.693. The number of para-hydroxylation sites is 1. The number of carbonyl (C=O) groups is 1. The first kappa shape index (κ1) is 19.4. The Morgan fingerprint density at radius 3 is 2.72 bits per heavy atom. The summed E-state index contributed by atoms with van der Waals surface area (Å²) in [4.78, 5) is 36.1. The van der Waals surface area contributed by atoms with Crippen LogP contribution in [0.3, 0.4) is 0 Å². The maximum atomic E-state index is 12.6. The van der Waals surface area contributed by atoms with Gasteiger partial charge < -0.3 is 15.2 Å². The number of anilines is 1. The number of nitrogens with zero attached hydrogens (tertiary/aromatic N) is 3. The Morgan fingerprint density at radius 2 is 1.93 bits per heavy atom. The van der Waals surface area contributed by atoms with Crippen molar-refractivity contribution in [3.05, 3.63) is 69.2 Å². The fourth-order valence-corrected chi connectivity index (χ4v) is 3.62. The van der Waals surface area contributed by atoms with Crippen molar-refractivity contribution in [2.45, 2.75) is 13.5 Å². The van der Waals surface area contributed by atoms with E-state index in [1.54, 1.807) is 17.0 Å². The normalized spacial score (nSPS) is 14.9. The molecule has 0 spiro atoms. The molecule has 1 aliphatic heterocycles. The highest BCUT2D eigenvalue weighted by atomic mass is 35.5. The van der Waals surface area contributed by atoms with Crippen LogP contribution >= 0.6 is 11.6 Å². The Balaban J connectivity index is 1.36. The number of hydrogen-bond acceptors (Lipinski definition) is 4. The summed E-state index contributed by atoms with van der Waals surface area (Å²) in [7, 11) is 0. The molecule has 150 valence electrons. The number of fused-ring (bicyclic) bond motifs is 1. The molecule has 0 saturated carbocycles. The molecular weight excluding hydrogens is 390 g/mol. The molecule has 8 heteroatoms. The lowest BCUT2D eigenvalue weighted by atomic mass is 10.2. The molecule has 4 rings (SSSR count). The number of piperazine rings is 1. The molecule has 0 unspecified atom stereocenters. The minimum Gasteiger partial charge on any atom is -0.322 e. The van der Waals surface area contributed by atoms with Crippen LogP contribution in [-0.4, -0.2) is 52.0 Å². The van der Waals surface area contributed by atoms with Crippen molar-refractivity contribution < 1.29 is 4.79 Å². The van der Waals surface area contributed by atoms with E-state index >= 15 is 0 Å². The Hall–Kier alpha value is -2.90. The van der Waals surface area contributed by atoms with Crippen LogP contribution in [-0.2, 0) is 6.54 Å². The van der Waals surface area contributed by atoms with E-state index in [-0.39, 0.29) is 11.6 Å². The van der Waals surface area contributed by atoms with Crippen LogP contribution in [0.2, 0.25) is 5.02 Å². The van der Waals surface area contributed by atoms with Gasteiger partial charge in [-0.15, -0.1) is 0 Å². The van der Waals surface area contributed by atoms with Crippen LogP contribution in [0.5, 0.6) is 0 Å². The lowest BCUT2D eigenvalue weighted by molar-refractivity contribution is 0.141. The van der Waals surface area contributed by atoms with Gasteiger partial charge in [-0.05, 0) is 36.8 Å². The van der Waals surface area contributed by atoms with Gasteiger partial charge in [0.15, 0.2) is 0 Å². The summed E-state index contributed by atoms with van der Waals surface area (Å²) in [5.74, 6) is 0.637. The number of nitrogens with one attached hydrogen (secondary N) is 2. The zero-order valence-corrected chi connectivity index (χ0v) is 16.9. The number of aromatic nitrogens is 2. The molecule has 1 saturated heterocycles. The summed E-state index contributed by atoms with van der Waals surface area (Å²) in [5, 5.41) is 4.00. The molecule has 2 amide bonds. The standard InChI is InChI=1S/C21H22ClN5O2/c1-14-6-7-16(22)18(12-14)24-21(29)27-10-8-26(9-11-27)13-19-23-17-5-3-2-4-15(17)20(28)25-19/h2-7,12H,8-11,13H2,1H3,(H,24,29)(H,23,25,28). The van der Waals surface area contributed by atoms with Gasteiger partial charge in [-0.3, -0.25) is 9.69 Å². The van der Waals surface area contributed by atoms with Gasteiger partial charge in [0, 0.05) is 26.2 Å². The third-order valence-electron chi connectivity index (χ3n) is 5.06. The van der Waals surface area contributed by atoms with E-state index in [1.165, 1.54) is 0 Å². The molecule has 2 heterocycles. The number of hydrogen-bond donors (Lipinski definition) is 2. The summed E-state index contributed by atoms with van der Waals surface area (Å²) < 4.78 is 0. The Labute approximate surface area is 173 Å².